The first-order valence-electron chi connectivity index (χ1n) is 8.33. The third-order valence-electron chi connectivity index (χ3n) is 4.60. The number of nitrogens with one attached hydrogen (secondary N) is 2. The van der Waals surface area contributed by atoms with Crippen LogP contribution in [0.3, 0.4) is 0 Å². The Morgan fingerprint density at radius 1 is 1.25 bits per heavy atom. The highest BCUT2D eigenvalue weighted by Gasteiger charge is 2.19. The molecule has 1 amide bonds. The van der Waals surface area contributed by atoms with Gasteiger partial charge in [-0.3, -0.25) is 4.79 Å². The topological polar surface area (TPSA) is 50.4 Å². The van der Waals surface area contributed by atoms with Crippen LogP contribution in [0.2, 0.25) is 0 Å². The van der Waals surface area contributed by atoms with Crippen molar-refractivity contribution in [1.82, 2.24) is 10.6 Å². The average Bonchev–Trinajstić information content (AvgIpc) is 2.46. The van der Waals surface area contributed by atoms with Gasteiger partial charge in [0.1, 0.15) is 0 Å². The zero-order valence-corrected chi connectivity index (χ0v) is 12.8. The summed E-state index contributed by atoms with van der Waals surface area (Å²) in [5.74, 6) is 1.67. The fourth-order valence-electron chi connectivity index (χ4n) is 3.37. The van der Waals surface area contributed by atoms with Gasteiger partial charge in [-0.25, -0.2) is 0 Å². The largest absolute Gasteiger partial charge is 0.378 e. The number of hydrogen-bond acceptors (Lipinski definition) is 3. The number of amides is 1. The van der Waals surface area contributed by atoms with Gasteiger partial charge in [-0.2, -0.15) is 0 Å². The van der Waals surface area contributed by atoms with E-state index in [1.165, 1.54) is 25.7 Å². The van der Waals surface area contributed by atoms with Gasteiger partial charge in [0.15, 0.2) is 0 Å². The zero-order valence-electron chi connectivity index (χ0n) is 12.8. The Bertz CT molecular complexity index is 290. The lowest BCUT2D eigenvalue weighted by atomic mass is 9.82. The molecule has 116 valence electrons. The molecule has 0 aromatic heterocycles. The van der Waals surface area contributed by atoms with Crippen LogP contribution in [0, 0.1) is 11.8 Å². The van der Waals surface area contributed by atoms with Crippen molar-refractivity contribution in [2.24, 2.45) is 11.8 Å². The molecule has 1 saturated carbocycles. The van der Waals surface area contributed by atoms with Crippen LogP contribution >= 0.6 is 0 Å². The van der Waals surface area contributed by atoms with Crippen molar-refractivity contribution in [3.8, 4) is 0 Å². The van der Waals surface area contributed by atoms with Crippen molar-refractivity contribution < 1.29 is 9.53 Å². The second-order valence-electron chi connectivity index (χ2n) is 6.51. The van der Waals surface area contributed by atoms with Gasteiger partial charge >= 0.3 is 0 Å². The maximum absolute atomic E-state index is 11.8. The van der Waals surface area contributed by atoms with E-state index in [9.17, 15) is 4.79 Å². The SMILES string of the molecule is CC1CCCC(CNC(=O)CCOC2CCNCC2)C1. The summed E-state index contributed by atoms with van der Waals surface area (Å²) < 4.78 is 5.76. The third kappa shape index (κ3) is 5.80. The Morgan fingerprint density at radius 3 is 2.80 bits per heavy atom. The van der Waals surface area contributed by atoms with Crippen molar-refractivity contribution in [3.63, 3.8) is 0 Å². The zero-order chi connectivity index (χ0) is 14.2. The molecule has 2 unspecified atom stereocenters. The molecule has 4 nitrogen and oxygen atoms in total. The summed E-state index contributed by atoms with van der Waals surface area (Å²) in [5.41, 5.74) is 0. The van der Waals surface area contributed by atoms with E-state index in [1.807, 2.05) is 0 Å². The van der Waals surface area contributed by atoms with Crippen LogP contribution in [-0.2, 0) is 9.53 Å². The molecule has 1 aliphatic heterocycles. The molecule has 0 bridgehead atoms. The van der Waals surface area contributed by atoms with E-state index in [2.05, 4.69) is 17.6 Å². The maximum atomic E-state index is 11.8. The first-order chi connectivity index (χ1) is 9.74. The normalized spacial score (nSPS) is 28.2. The maximum Gasteiger partial charge on any atom is 0.222 e. The molecule has 20 heavy (non-hydrogen) atoms. The Kier molecular flexibility index (Phi) is 6.80. The van der Waals surface area contributed by atoms with Crippen LogP contribution in [0.4, 0.5) is 0 Å². The van der Waals surface area contributed by atoms with Crippen LogP contribution in [-0.4, -0.2) is 38.3 Å². The second kappa shape index (κ2) is 8.63. The predicted octanol–water partition coefficient (Wildman–Crippen LogP) is 2.09. The molecule has 0 aromatic carbocycles. The van der Waals surface area contributed by atoms with Gasteiger partial charge < -0.3 is 15.4 Å². The molecule has 0 aromatic rings. The lowest BCUT2D eigenvalue weighted by Crippen LogP contribution is -2.34. The number of carbonyl (C=O) groups excluding carboxylic acids is 1. The van der Waals surface area contributed by atoms with Crippen LogP contribution in [0.1, 0.15) is 51.9 Å². The molecule has 0 radical (unpaired) electrons. The fourth-order valence-corrected chi connectivity index (χ4v) is 3.37. The minimum atomic E-state index is 0.150. The third-order valence-corrected chi connectivity index (χ3v) is 4.60. The standard InChI is InChI=1S/C16H30N2O2/c1-13-3-2-4-14(11-13)12-18-16(19)7-10-20-15-5-8-17-9-6-15/h13-15,17H,2-12H2,1H3,(H,18,19). The first kappa shape index (κ1) is 15.8. The van der Waals surface area contributed by atoms with E-state index in [0.29, 0.717) is 25.0 Å². The molecule has 1 aliphatic carbocycles. The molecule has 1 heterocycles. The first-order valence-corrected chi connectivity index (χ1v) is 8.33. The molecule has 2 rings (SSSR count). The van der Waals surface area contributed by atoms with E-state index < -0.39 is 0 Å². The molecule has 2 atom stereocenters. The Morgan fingerprint density at radius 2 is 2.05 bits per heavy atom. The van der Waals surface area contributed by atoms with Crippen LogP contribution in [0.15, 0.2) is 0 Å². The minimum absolute atomic E-state index is 0.150. The van der Waals surface area contributed by atoms with Crippen molar-refractivity contribution in [1.29, 1.82) is 0 Å². The van der Waals surface area contributed by atoms with Gasteiger partial charge in [-0.05, 0) is 50.6 Å². The quantitative estimate of drug-likeness (QED) is 0.784. The van der Waals surface area contributed by atoms with Crippen LogP contribution in [0.25, 0.3) is 0 Å². The van der Waals surface area contributed by atoms with E-state index in [1.54, 1.807) is 0 Å². The summed E-state index contributed by atoms with van der Waals surface area (Å²) in [5, 5.41) is 6.39. The highest BCUT2D eigenvalue weighted by atomic mass is 16.5. The molecular formula is C16H30N2O2. The van der Waals surface area contributed by atoms with Crippen LogP contribution in [0.5, 0.6) is 0 Å². The minimum Gasteiger partial charge on any atom is -0.378 e. The Hall–Kier alpha value is -0.610. The van der Waals surface area contributed by atoms with Gasteiger partial charge in [0.2, 0.25) is 5.91 Å². The molecule has 4 heteroatoms. The number of piperidine rings is 1. The molecule has 1 saturated heterocycles. The number of ether oxygens (including phenoxy) is 1. The number of carbonyl (C=O) groups is 1. The monoisotopic (exact) mass is 282 g/mol. The summed E-state index contributed by atoms with van der Waals surface area (Å²) in [4.78, 5) is 11.8. The molecule has 2 fully saturated rings. The highest BCUT2D eigenvalue weighted by molar-refractivity contribution is 5.75. The van der Waals surface area contributed by atoms with Gasteiger partial charge in [0.25, 0.3) is 0 Å². The van der Waals surface area contributed by atoms with E-state index in [4.69, 9.17) is 4.74 Å². The Labute approximate surface area is 123 Å². The Balaban J connectivity index is 1.51. The molecular weight excluding hydrogens is 252 g/mol. The van der Waals surface area contributed by atoms with Crippen LogP contribution < -0.4 is 10.6 Å². The van der Waals surface area contributed by atoms with E-state index in [-0.39, 0.29) is 5.91 Å². The van der Waals surface area contributed by atoms with Gasteiger partial charge in [0.05, 0.1) is 12.7 Å². The van der Waals surface area contributed by atoms with Crippen molar-refractivity contribution in [2.75, 3.05) is 26.2 Å². The van der Waals surface area contributed by atoms with Gasteiger partial charge in [-0.15, -0.1) is 0 Å². The number of hydrogen-bond donors (Lipinski definition) is 2. The lowest BCUT2D eigenvalue weighted by Gasteiger charge is -2.27. The summed E-state index contributed by atoms with van der Waals surface area (Å²) in [6, 6.07) is 0. The highest BCUT2D eigenvalue weighted by Crippen LogP contribution is 2.27. The summed E-state index contributed by atoms with van der Waals surface area (Å²) in [6.45, 7) is 5.82. The van der Waals surface area contributed by atoms with Gasteiger partial charge in [0, 0.05) is 13.0 Å². The van der Waals surface area contributed by atoms with E-state index >= 15 is 0 Å². The summed E-state index contributed by atoms with van der Waals surface area (Å²) in [7, 11) is 0. The second-order valence-corrected chi connectivity index (χ2v) is 6.51. The van der Waals surface area contributed by atoms with Crippen molar-refractivity contribution >= 4 is 5.91 Å². The smallest absolute Gasteiger partial charge is 0.222 e. The summed E-state index contributed by atoms with van der Waals surface area (Å²) >= 11 is 0. The predicted molar refractivity (Wildman–Crippen MR) is 80.6 cm³/mol. The fraction of sp³-hybridized carbons (Fsp3) is 0.938. The molecule has 0 spiro atoms. The van der Waals surface area contributed by atoms with Gasteiger partial charge in [-0.1, -0.05) is 19.8 Å². The van der Waals surface area contributed by atoms with Crippen molar-refractivity contribution in [2.45, 2.75) is 58.0 Å². The molecule has 2 N–H and O–H groups in total. The lowest BCUT2D eigenvalue weighted by molar-refractivity contribution is -0.123. The molecule has 2 aliphatic rings. The van der Waals surface area contributed by atoms with Crippen molar-refractivity contribution in [3.05, 3.63) is 0 Å². The summed E-state index contributed by atoms with van der Waals surface area (Å²) in [6.07, 6.45) is 8.22. The van der Waals surface area contributed by atoms with E-state index in [0.717, 1.165) is 38.4 Å². The number of rotatable bonds is 6. The average molecular weight is 282 g/mol.